The van der Waals surface area contributed by atoms with Crippen LogP contribution in [-0.2, 0) is 0 Å². The number of nitrogens with zero attached hydrogens (tertiary/aromatic N) is 1. The van der Waals surface area contributed by atoms with Crippen LogP contribution in [0.5, 0.6) is 0 Å². The molecule has 0 N–H and O–H groups in total. The Morgan fingerprint density at radius 2 is 1.69 bits per heavy atom. The molecule has 0 aromatic rings. The van der Waals surface area contributed by atoms with E-state index in [-0.39, 0.29) is 0 Å². The molecule has 0 aliphatic carbocycles. The van der Waals surface area contributed by atoms with Crippen molar-refractivity contribution >= 4 is 0 Å². The Balaban J connectivity index is 4.07. The van der Waals surface area contributed by atoms with Gasteiger partial charge in [0.05, 0.1) is 0 Å². The van der Waals surface area contributed by atoms with Gasteiger partial charge in [-0.3, -0.25) is 4.90 Å². The Hall–Kier alpha value is -0.0400. The summed E-state index contributed by atoms with van der Waals surface area (Å²) in [5.74, 6) is 0. The highest BCUT2D eigenvalue weighted by molar-refractivity contribution is 4.79. The van der Waals surface area contributed by atoms with Crippen LogP contribution in [0.15, 0.2) is 0 Å². The molecule has 0 amide bonds. The van der Waals surface area contributed by atoms with Gasteiger partial charge in [-0.2, -0.15) is 0 Å². The average molecular weight is 185 g/mol. The maximum atomic E-state index is 2.52. The van der Waals surface area contributed by atoms with Gasteiger partial charge in [0.1, 0.15) is 0 Å². The van der Waals surface area contributed by atoms with E-state index in [1.54, 1.807) is 0 Å². The summed E-state index contributed by atoms with van der Waals surface area (Å²) in [6.45, 7) is 11.4. The van der Waals surface area contributed by atoms with Crippen molar-refractivity contribution in [2.75, 3.05) is 7.05 Å². The van der Waals surface area contributed by atoms with Gasteiger partial charge >= 0.3 is 0 Å². The molecule has 0 spiro atoms. The van der Waals surface area contributed by atoms with Crippen molar-refractivity contribution in [3.8, 4) is 0 Å². The van der Waals surface area contributed by atoms with E-state index in [4.69, 9.17) is 0 Å². The van der Waals surface area contributed by atoms with Crippen molar-refractivity contribution in [1.29, 1.82) is 0 Å². The third-order valence-corrected chi connectivity index (χ3v) is 2.97. The molecule has 0 radical (unpaired) electrons. The summed E-state index contributed by atoms with van der Waals surface area (Å²) in [4.78, 5) is 2.52. The fourth-order valence-electron chi connectivity index (χ4n) is 1.66. The summed E-state index contributed by atoms with van der Waals surface area (Å²) in [5.41, 5.74) is 0.314. The first-order valence-corrected chi connectivity index (χ1v) is 5.66. The van der Waals surface area contributed by atoms with E-state index in [0.717, 1.165) is 6.04 Å². The van der Waals surface area contributed by atoms with Crippen molar-refractivity contribution in [1.82, 2.24) is 4.90 Å². The summed E-state index contributed by atoms with van der Waals surface area (Å²) in [6, 6.07) is 0.764. The van der Waals surface area contributed by atoms with E-state index < -0.39 is 0 Å². The smallest absolute Gasteiger partial charge is 0.0124 e. The zero-order valence-corrected chi connectivity index (χ0v) is 10.4. The van der Waals surface area contributed by atoms with Crippen molar-refractivity contribution in [3.63, 3.8) is 0 Å². The van der Waals surface area contributed by atoms with Gasteiger partial charge in [-0.1, -0.05) is 26.7 Å². The van der Waals surface area contributed by atoms with E-state index in [0.29, 0.717) is 5.54 Å². The van der Waals surface area contributed by atoms with E-state index in [1.165, 1.54) is 25.7 Å². The molecule has 0 aromatic heterocycles. The van der Waals surface area contributed by atoms with Crippen LogP contribution in [-0.4, -0.2) is 23.5 Å². The molecule has 80 valence electrons. The second kappa shape index (κ2) is 5.64. The van der Waals surface area contributed by atoms with E-state index in [2.05, 4.69) is 46.6 Å². The molecule has 0 aliphatic heterocycles. The summed E-state index contributed by atoms with van der Waals surface area (Å²) >= 11 is 0. The lowest BCUT2D eigenvalue weighted by molar-refractivity contribution is 0.106. The lowest BCUT2D eigenvalue weighted by atomic mass is 9.99. The number of unbranched alkanes of at least 4 members (excludes halogenated alkanes) is 1. The molecule has 0 aliphatic rings. The molecular weight excluding hydrogens is 158 g/mol. The second-order valence-corrected chi connectivity index (χ2v) is 4.99. The van der Waals surface area contributed by atoms with Gasteiger partial charge in [0, 0.05) is 11.6 Å². The molecule has 0 saturated heterocycles. The Morgan fingerprint density at radius 1 is 1.15 bits per heavy atom. The van der Waals surface area contributed by atoms with E-state index in [9.17, 15) is 0 Å². The van der Waals surface area contributed by atoms with Gasteiger partial charge in [0.2, 0.25) is 0 Å². The normalized spacial score (nSPS) is 15.0. The van der Waals surface area contributed by atoms with Crippen molar-refractivity contribution in [3.05, 3.63) is 0 Å². The Bertz CT molecular complexity index is 124. The number of rotatable bonds is 5. The Labute approximate surface area is 84.5 Å². The largest absolute Gasteiger partial charge is 0.299 e. The molecule has 1 heteroatoms. The fourth-order valence-corrected chi connectivity index (χ4v) is 1.66. The van der Waals surface area contributed by atoms with Crippen LogP contribution in [0.25, 0.3) is 0 Å². The minimum absolute atomic E-state index is 0.314. The van der Waals surface area contributed by atoms with Gasteiger partial charge in [0.15, 0.2) is 0 Å². The van der Waals surface area contributed by atoms with Crippen LogP contribution >= 0.6 is 0 Å². The minimum atomic E-state index is 0.314. The highest BCUT2D eigenvalue weighted by Crippen LogP contribution is 2.19. The zero-order valence-electron chi connectivity index (χ0n) is 10.4. The summed E-state index contributed by atoms with van der Waals surface area (Å²) in [7, 11) is 2.25. The molecule has 0 aromatic carbocycles. The molecule has 1 nitrogen and oxygen atoms in total. The van der Waals surface area contributed by atoms with Crippen molar-refractivity contribution in [2.45, 2.75) is 71.9 Å². The van der Waals surface area contributed by atoms with Crippen LogP contribution in [0.1, 0.15) is 60.3 Å². The second-order valence-electron chi connectivity index (χ2n) is 4.99. The van der Waals surface area contributed by atoms with E-state index >= 15 is 0 Å². The van der Waals surface area contributed by atoms with Crippen molar-refractivity contribution < 1.29 is 0 Å². The SMILES string of the molecule is CCCCC(CC)N(C)C(C)(C)C. The Morgan fingerprint density at radius 3 is 2.00 bits per heavy atom. The van der Waals surface area contributed by atoms with Gasteiger partial charge < -0.3 is 0 Å². The average Bonchev–Trinajstić information content (AvgIpc) is 2.04. The van der Waals surface area contributed by atoms with Crippen LogP contribution in [0, 0.1) is 0 Å². The molecular formula is C12H27N. The van der Waals surface area contributed by atoms with Crippen LogP contribution in [0.3, 0.4) is 0 Å². The Kier molecular flexibility index (Phi) is 5.62. The first kappa shape index (κ1) is 13.0. The number of hydrogen-bond acceptors (Lipinski definition) is 1. The van der Waals surface area contributed by atoms with Crippen LogP contribution < -0.4 is 0 Å². The third kappa shape index (κ3) is 4.66. The molecule has 0 rings (SSSR count). The predicted octanol–water partition coefficient (Wildman–Crippen LogP) is 3.69. The van der Waals surface area contributed by atoms with Gasteiger partial charge in [-0.25, -0.2) is 0 Å². The quantitative estimate of drug-likeness (QED) is 0.631. The summed E-state index contributed by atoms with van der Waals surface area (Å²) in [5, 5.41) is 0. The topological polar surface area (TPSA) is 3.24 Å². The lowest BCUT2D eigenvalue weighted by Gasteiger charge is -2.38. The van der Waals surface area contributed by atoms with Gasteiger partial charge in [-0.05, 0) is 40.7 Å². The standard InChI is InChI=1S/C12H27N/c1-7-9-10-11(8-2)13(6)12(3,4)5/h11H,7-10H2,1-6H3. The molecule has 13 heavy (non-hydrogen) atoms. The van der Waals surface area contributed by atoms with Gasteiger partial charge in [-0.15, -0.1) is 0 Å². The first-order valence-electron chi connectivity index (χ1n) is 5.66. The third-order valence-electron chi connectivity index (χ3n) is 2.97. The summed E-state index contributed by atoms with van der Waals surface area (Å²) in [6.07, 6.45) is 5.29. The van der Waals surface area contributed by atoms with Crippen LogP contribution in [0.2, 0.25) is 0 Å². The lowest BCUT2D eigenvalue weighted by Crippen LogP contribution is -2.45. The van der Waals surface area contributed by atoms with E-state index in [1.807, 2.05) is 0 Å². The minimum Gasteiger partial charge on any atom is -0.299 e. The monoisotopic (exact) mass is 185 g/mol. The molecule has 1 atom stereocenters. The van der Waals surface area contributed by atoms with Crippen molar-refractivity contribution in [2.24, 2.45) is 0 Å². The summed E-state index contributed by atoms with van der Waals surface area (Å²) < 4.78 is 0. The zero-order chi connectivity index (χ0) is 10.5. The van der Waals surface area contributed by atoms with Crippen LogP contribution in [0.4, 0.5) is 0 Å². The molecule has 0 saturated carbocycles. The highest BCUT2D eigenvalue weighted by Gasteiger charge is 2.23. The maximum Gasteiger partial charge on any atom is 0.0124 e. The fraction of sp³-hybridized carbons (Fsp3) is 1.00. The number of hydrogen-bond donors (Lipinski definition) is 0. The molecule has 0 bridgehead atoms. The predicted molar refractivity (Wildman–Crippen MR) is 61.1 cm³/mol. The molecule has 0 heterocycles. The molecule has 1 unspecified atom stereocenters. The highest BCUT2D eigenvalue weighted by atomic mass is 15.2. The maximum absolute atomic E-state index is 2.52. The molecule has 0 fully saturated rings. The first-order chi connectivity index (χ1) is 5.93. The van der Waals surface area contributed by atoms with Gasteiger partial charge in [0.25, 0.3) is 0 Å².